The molecule has 0 amide bonds. The second-order valence-corrected chi connectivity index (χ2v) is 17.2. The van der Waals surface area contributed by atoms with Crippen LogP contribution in [0.15, 0.2) is 58.2 Å². The van der Waals surface area contributed by atoms with E-state index in [1.165, 1.54) is 40.7 Å². The highest BCUT2D eigenvalue weighted by molar-refractivity contribution is 6.74. The summed E-state index contributed by atoms with van der Waals surface area (Å²) >= 11 is 0. The van der Waals surface area contributed by atoms with Crippen LogP contribution < -0.4 is 0 Å². The Morgan fingerprint density at radius 1 is 0.667 bits per heavy atom. The molecule has 208 valence electrons. The van der Waals surface area contributed by atoms with Gasteiger partial charge >= 0.3 is 0 Å². The smallest absolute Gasteiger partial charge is 0.192 e. The molecule has 0 aromatic heterocycles. The third-order valence-corrected chi connectivity index (χ3v) is 11.8. The van der Waals surface area contributed by atoms with E-state index in [9.17, 15) is 5.11 Å². The second-order valence-electron chi connectivity index (χ2n) is 12.4. The number of aliphatic hydroxyl groups is 1. The van der Waals surface area contributed by atoms with E-state index >= 15 is 0 Å². The summed E-state index contributed by atoms with van der Waals surface area (Å²) in [6.07, 6.45) is 22.8. The van der Waals surface area contributed by atoms with Crippen molar-refractivity contribution in [2.45, 2.75) is 138 Å². The van der Waals surface area contributed by atoms with Gasteiger partial charge in [0, 0.05) is 6.61 Å². The molecule has 0 atom stereocenters. The summed E-state index contributed by atoms with van der Waals surface area (Å²) in [6.45, 7) is 23.6. The number of rotatable bonds is 18. The van der Waals surface area contributed by atoms with Crippen molar-refractivity contribution in [3.8, 4) is 0 Å². The molecule has 0 aromatic carbocycles. The van der Waals surface area contributed by atoms with Crippen molar-refractivity contribution in [1.29, 1.82) is 0 Å². The first-order chi connectivity index (χ1) is 16.8. The first-order valence-electron chi connectivity index (χ1n) is 14.3. The Labute approximate surface area is 226 Å². The minimum absolute atomic E-state index is 0.224. The fourth-order valence-electron chi connectivity index (χ4n) is 3.63. The van der Waals surface area contributed by atoms with Gasteiger partial charge in [0.2, 0.25) is 0 Å². The molecule has 0 aliphatic heterocycles. The average Bonchev–Trinajstić information content (AvgIpc) is 2.77. The molecule has 0 fully saturated rings. The normalized spacial score (nSPS) is 14.4. The monoisotopic (exact) mass is 516 g/mol. The zero-order chi connectivity index (χ0) is 27.6. The highest BCUT2D eigenvalue weighted by Crippen LogP contribution is 2.37. The molecular formula is C33H60O2Si. The SMILES string of the molecule is CC(C)=CCC/C(C)=C/CC/C(C)=C/CC/C=C(\C)CC/C=C(/CCCO)CO[Si](C)(C)C(C)(C)C. The average molecular weight is 517 g/mol. The van der Waals surface area contributed by atoms with Crippen LogP contribution in [0.2, 0.25) is 18.1 Å². The molecule has 0 rings (SSSR count). The van der Waals surface area contributed by atoms with Crippen LogP contribution >= 0.6 is 0 Å². The lowest BCUT2D eigenvalue weighted by Crippen LogP contribution is -2.41. The third-order valence-electron chi connectivity index (χ3n) is 7.33. The molecule has 0 aromatic rings. The summed E-state index contributed by atoms with van der Waals surface area (Å²) in [5.41, 5.74) is 7.25. The van der Waals surface area contributed by atoms with Crippen LogP contribution in [-0.2, 0) is 4.43 Å². The summed E-state index contributed by atoms with van der Waals surface area (Å²) in [5.74, 6) is 0. The van der Waals surface area contributed by atoms with Crippen LogP contribution in [0, 0.1) is 0 Å². The van der Waals surface area contributed by atoms with Gasteiger partial charge in [-0.15, -0.1) is 0 Å². The van der Waals surface area contributed by atoms with Gasteiger partial charge < -0.3 is 9.53 Å². The fraction of sp³-hybridized carbons (Fsp3) is 0.697. The minimum Gasteiger partial charge on any atom is -0.413 e. The first kappa shape index (κ1) is 34.8. The predicted molar refractivity (Wildman–Crippen MR) is 165 cm³/mol. The zero-order valence-corrected chi connectivity index (χ0v) is 26.7. The summed E-state index contributed by atoms with van der Waals surface area (Å²) in [4.78, 5) is 0. The van der Waals surface area contributed by atoms with E-state index in [1.54, 1.807) is 0 Å². The Hall–Kier alpha value is -1.16. The van der Waals surface area contributed by atoms with Crippen molar-refractivity contribution < 1.29 is 9.53 Å². The maximum Gasteiger partial charge on any atom is 0.192 e. The lowest BCUT2D eigenvalue weighted by atomic mass is 10.0. The van der Waals surface area contributed by atoms with E-state index in [1.807, 2.05) is 0 Å². The molecule has 36 heavy (non-hydrogen) atoms. The number of hydrogen-bond donors (Lipinski definition) is 1. The molecule has 0 bridgehead atoms. The molecule has 0 heterocycles. The molecule has 2 nitrogen and oxygen atoms in total. The van der Waals surface area contributed by atoms with Crippen molar-refractivity contribution in [3.05, 3.63) is 58.2 Å². The number of hydrogen-bond acceptors (Lipinski definition) is 2. The maximum atomic E-state index is 9.29. The number of allylic oxidation sites excluding steroid dienone is 9. The van der Waals surface area contributed by atoms with Gasteiger partial charge in [0.15, 0.2) is 8.32 Å². The second kappa shape index (κ2) is 19.0. The highest BCUT2D eigenvalue weighted by Gasteiger charge is 2.37. The molecule has 0 saturated carbocycles. The molecule has 0 saturated heterocycles. The lowest BCUT2D eigenvalue weighted by Gasteiger charge is -2.36. The topological polar surface area (TPSA) is 29.5 Å². The van der Waals surface area contributed by atoms with E-state index in [0.29, 0.717) is 6.61 Å². The maximum absolute atomic E-state index is 9.29. The van der Waals surface area contributed by atoms with E-state index in [4.69, 9.17) is 4.43 Å². The molecular weight excluding hydrogens is 456 g/mol. The van der Waals surface area contributed by atoms with Crippen LogP contribution in [0.3, 0.4) is 0 Å². The quantitative estimate of drug-likeness (QED) is 0.111. The van der Waals surface area contributed by atoms with Gasteiger partial charge in [0.1, 0.15) is 0 Å². The summed E-state index contributed by atoms with van der Waals surface area (Å²) in [7, 11) is -1.75. The van der Waals surface area contributed by atoms with Gasteiger partial charge in [-0.25, -0.2) is 0 Å². The summed E-state index contributed by atoms with van der Waals surface area (Å²) in [5, 5.41) is 9.51. The largest absolute Gasteiger partial charge is 0.413 e. The van der Waals surface area contributed by atoms with Crippen LogP contribution in [0.5, 0.6) is 0 Å². The molecule has 0 aliphatic rings. The predicted octanol–water partition coefficient (Wildman–Crippen LogP) is 10.6. The standard InChI is InChI=1S/C33H60O2Si/c1-28(2)17-13-20-31(5)22-14-21-29(3)18-11-12-19-30(4)23-15-24-32(25-16-26-34)27-35-36(9,10)33(6,7)8/h17-19,22,24,34H,11-16,20-21,23,25-27H2,1-10H3/b29-18+,30-19+,31-22+,32-24-. The molecule has 0 radical (unpaired) electrons. The van der Waals surface area contributed by atoms with Gasteiger partial charge in [-0.3, -0.25) is 0 Å². The molecule has 0 unspecified atom stereocenters. The zero-order valence-electron chi connectivity index (χ0n) is 25.7. The third kappa shape index (κ3) is 18.1. The Bertz CT molecular complexity index is 753. The van der Waals surface area contributed by atoms with Gasteiger partial charge in [0.05, 0.1) is 6.61 Å². The fourth-order valence-corrected chi connectivity index (χ4v) is 4.61. The van der Waals surface area contributed by atoms with Gasteiger partial charge in [0.25, 0.3) is 0 Å². The number of aliphatic hydroxyl groups excluding tert-OH is 1. The van der Waals surface area contributed by atoms with Crippen LogP contribution in [0.1, 0.15) is 120 Å². The Morgan fingerprint density at radius 2 is 1.11 bits per heavy atom. The van der Waals surface area contributed by atoms with Crippen molar-refractivity contribution in [3.63, 3.8) is 0 Å². The van der Waals surface area contributed by atoms with Gasteiger partial charge in [-0.1, -0.05) is 73.4 Å². The summed E-state index contributed by atoms with van der Waals surface area (Å²) < 4.78 is 6.44. The Balaban J connectivity index is 4.49. The van der Waals surface area contributed by atoms with Crippen LogP contribution in [0.25, 0.3) is 0 Å². The molecule has 1 N–H and O–H groups in total. The van der Waals surface area contributed by atoms with E-state index in [2.05, 4.69) is 98.9 Å². The van der Waals surface area contributed by atoms with Crippen LogP contribution in [0.4, 0.5) is 0 Å². The van der Waals surface area contributed by atoms with Crippen molar-refractivity contribution in [1.82, 2.24) is 0 Å². The highest BCUT2D eigenvalue weighted by atomic mass is 28.4. The Morgan fingerprint density at radius 3 is 1.56 bits per heavy atom. The van der Waals surface area contributed by atoms with Gasteiger partial charge in [-0.2, -0.15) is 0 Å². The van der Waals surface area contributed by atoms with E-state index in [-0.39, 0.29) is 11.6 Å². The van der Waals surface area contributed by atoms with Crippen molar-refractivity contribution >= 4 is 8.32 Å². The first-order valence-corrected chi connectivity index (χ1v) is 17.2. The van der Waals surface area contributed by atoms with E-state index in [0.717, 1.165) is 51.4 Å². The Kier molecular flexibility index (Phi) is 18.4. The summed E-state index contributed by atoms with van der Waals surface area (Å²) in [6, 6.07) is 0. The van der Waals surface area contributed by atoms with E-state index < -0.39 is 8.32 Å². The van der Waals surface area contributed by atoms with Crippen molar-refractivity contribution in [2.75, 3.05) is 13.2 Å². The minimum atomic E-state index is -1.75. The molecule has 3 heteroatoms. The lowest BCUT2D eigenvalue weighted by molar-refractivity contribution is 0.279. The van der Waals surface area contributed by atoms with Crippen LogP contribution in [-0.4, -0.2) is 26.6 Å². The number of unbranched alkanes of at least 4 members (excludes halogenated alkanes) is 1. The van der Waals surface area contributed by atoms with Gasteiger partial charge in [-0.05, 0) is 123 Å². The molecule has 0 spiro atoms. The van der Waals surface area contributed by atoms with Crippen molar-refractivity contribution in [2.24, 2.45) is 0 Å². The molecule has 0 aliphatic carbocycles.